The molecule has 0 unspecified atom stereocenters. The lowest BCUT2D eigenvalue weighted by atomic mass is 9.67. The summed E-state index contributed by atoms with van der Waals surface area (Å²) < 4.78 is 43.5. The molecule has 0 spiro atoms. The maximum absolute atomic E-state index is 15.2. The van der Waals surface area contributed by atoms with Crippen LogP contribution in [0.3, 0.4) is 0 Å². The Morgan fingerprint density at radius 1 is 1.05 bits per heavy atom. The number of benzene rings is 3. The van der Waals surface area contributed by atoms with Crippen molar-refractivity contribution in [2.75, 3.05) is 16.6 Å². The fraction of sp³-hybridized carbons (Fsp3) is 0.382. The van der Waals surface area contributed by atoms with Crippen LogP contribution in [0.15, 0.2) is 85.5 Å². The molecule has 1 saturated carbocycles. The lowest BCUT2D eigenvalue weighted by molar-refractivity contribution is -0.154. The van der Waals surface area contributed by atoms with Gasteiger partial charge in [0.15, 0.2) is 0 Å². The number of allylic oxidation sites excluding steroid dienone is 1. The van der Waals surface area contributed by atoms with Crippen LogP contribution in [0.25, 0.3) is 0 Å². The van der Waals surface area contributed by atoms with Gasteiger partial charge in [-0.15, -0.1) is 6.58 Å². The zero-order valence-electron chi connectivity index (χ0n) is 24.4. The van der Waals surface area contributed by atoms with Crippen molar-refractivity contribution >= 4 is 44.8 Å². The largest absolute Gasteiger partial charge is 0.329 e. The first-order valence-electron chi connectivity index (χ1n) is 14.7. The standard InChI is InChI=1S/C34H37Cl2FN2O3S/c1-4-19-34(3)21-28(25-9-8-10-27(36)20-25)32(24-15-17-26(35)18-16-24)39(33(34)40)31(23-13-14-23)22-38(43(41,42)5-2)30-12-7-6-11-29(30)37/h4,6-12,15-18,20,23,28,31-32H,1,5,13-14,19,21-22H2,2-3H3/t28-,31-,32-,34+/m1/s1. The normalized spacial score (nSPS) is 23.2. The van der Waals surface area contributed by atoms with Crippen LogP contribution in [0.2, 0.25) is 10.0 Å². The van der Waals surface area contributed by atoms with Crippen LogP contribution in [-0.4, -0.2) is 37.6 Å². The molecule has 0 radical (unpaired) electrons. The topological polar surface area (TPSA) is 57.7 Å². The van der Waals surface area contributed by atoms with E-state index in [0.717, 1.165) is 24.0 Å². The van der Waals surface area contributed by atoms with Gasteiger partial charge in [-0.05, 0) is 86.1 Å². The molecule has 5 rings (SSSR count). The lowest BCUT2D eigenvalue weighted by Gasteiger charge is -2.53. The van der Waals surface area contributed by atoms with Crippen molar-refractivity contribution < 1.29 is 17.6 Å². The van der Waals surface area contributed by atoms with Crippen LogP contribution < -0.4 is 4.31 Å². The SMILES string of the molecule is C=CC[C@@]1(C)C[C@H](c2cccc(Cl)c2)[C@@H](c2ccc(Cl)cc2)N([C@H](CN(c2ccccc2F)S(=O)(=O)CC)C2CC2)C1=O. The number of rotatable bonds is 11. The number of sulfonamides is 1. The molecular weight excluding hydrogens is 606 g/mol. The van der Waals surface area contributed by atoms with Gasteiger partial charge in [0.05, 0.1) is 35.5 Å². The monoisotopic (exact) mass is 642 g/mol. The van der Waals surface area contributed by atoms with Gasteiger partial charge in [-0.3, -0.25) is 9.10 Å². The summed E-state index contributed by atoms with van der Waals surface area (Å²) in [6.07, 6.45) is 4.46. The third kappa shape index (κ3) is 6.50. The Kier molecular flexibility index (Phi) is 9.26. The number of para-hydroxylation sites is 1. The molecule has 4 atom stereocenters. The number of carbonyl (C=O) groups is 1. The van der Waals surface area contributed by atoms with Gasteiger partial charge in [0.25, 0.3) is 0 Å². The molecule has 1 amide bonds. The van der Waals surface area contributed by atoms with Gasteiger partial charge in [-0.1, -0.05) is 72.6 Å². The number of halogens is 3. The van der Waals surface area contributed by atoms with Gasteiger partial charge in [-0.25, -0.2) is 12.8 Å². The molecule has 0 bridgehead atoms. The molecule has 9 heteroatoms. The fourth-order valence-electron chi connectivity index (χ4n) is 6.54. The minimum Gasteiger partial charge on any atom is -0.329 e. The number of amides is 1. The predicted molar refractivity (Wildman–Crippen MR) is 172 cm³/mol. The maximum atomic E-state index is 15.2. The summed E-state index contributed by atoms with van der Waals surface area (Å²) in [4.78, 5) is 16.7. The van der Waals surface area contributed by atoms with E-state index >= 15 is 4.39 Å². The Balaban J connectivity index is 1.71. The molecule has 0 aromatic heterocycles. The van der Waals surface area contributed by atoms with Crippen LogP contribution in [-0.2, 0) is 14.8 Å². The molecule has 0 N–H and O–H groups in total. The van der Waals surface area contributed by atoms with Gasteiger partial charge in [-0.2, -0.15) is 0 Å². The Morgan fingerprint density at radius 3 is 2.35 bits per heavy atom. The second kappa shape index (κ2) is 12.6. The van der Waals surface area contributed by atoms with E-state index in [-0.39, 0.29) is 35.7 Å². The summed E-state index contributed by atoms with van der Waals surface area (Å²) >= 11 is 12.8. The van der Waals surface area contributed by atoms with Crippen molar-refractivity contribution in [3.8, 4) is 0 Å². The number of hydrogen-bond donors (Lipinski definition) is 0. The minimum atomic E-state index is -3.89. The first kappa shape index (κ1) is 31.6. The number of hydrogen-bond acceptors (Lipinski definition) is 3. The summed E-state index contributed by atoms with van der Waals surface area (Å²) in [6.45, 7) is 7.41. The number of nitrogens with zero attached hydrogens (tertiary/aromatic N) is 2. The summed E-state index contributed by atoms with van der Waals surface area (Å²) in [5.74, 6) is -0.988. The van der Waals surface area contributed by atoms with E-state index in [1.807, 2.05) is 60.4 Å². The summed E-state index contributed by atoms with van der Waals surface area (Å²) in [6, 6.07) is 20.2. The Bertz CT molecular complexity index is 1600. The highest BCUT2D eigenvalue weighted by Gasteiger charge is 2.54. The van der Waals surface area contributed by atoms with Crippen LogP contribution in [0.1, 0.15) is 62.6 Å². The van der Waals surface area contributed by atoms with E-state index in [4.69, 9.17) is 23.2 Å². The van der Waals surface area contributed by atoms with Crippen molar-refractivity contribution in [2.45, 2.75) is 57.5 Å². The Morgan fingerprint density at radius 2 is 1.74 bits per heavy atom. The van der Waals surface area contributed by atoms with Gasteiger partial charge >= 0.3 is 0 Å². The average Bonchev–Trinajstić information content (AvgIpc) is 3.82. The quantitative estimate of drug-likeness (QED) is 0.197. The van der Waals surface area contributed by atoms with Crippen LogP contribution in [0.5, 0.6) is 0 Å². The Labute approximate surface area is 264 Å². The Hall–Kier alpha value is -2.87. The molecule has 1 heterocycles. The molecule has 2 aliphatic rings. The average molecular weight is 644 g/mol. The molecule has 3 aromatic carbocycles. The van der Waals surface area contributed by atoms with Crippen molar-refractivity contribution in [1.82, 2.24) is 4.90 Å². The van der Waals surface area contributed by atoms with E-state index in [1.165, 1.54) is 22.5 Å². The minimum absolute atomic E-state index is 0.0113. The van der Waals surface area contributed by atoms with E-state index < -0.39 is 33.3 Å². The van der Waals surface area contributed by atoms with E-state index in [1.54, 1.807) is 19.1 Å². The summed E-state index contributed by atoms with van der Waals surface area (Å²) in [5, 5.41) is 1.17. The molecule has 1 aliphatic carbocycles. The first-order chi connectivity index (χ1) is 20.5. The highest BCUT2D eigenvalue weighted by atomic mass is 35.5. The molecular formula is C34H37Cl2FN2O3S. The number of likely N-dealkylation sites (tertiary alicyclic amines) is 1. The van der Waals surface area contributed by atoms with Crippen molar-refractivity contribution in [3.05, 3.63) is 112 Å². The molecule has 228 valence electrons. The maximum Gasteiger partial charge on any atom is 0.235 e. The van der Waals surface area contributed by atoms with Gasteiger partial charge in [0, 0.05) is 16.0 Å². The highest BCUT2D eigenvalue weighted by molar-refractivity contribution is 7.92. The first-order valence-corrected chi connectivity index (χ1v) is 17.0. The third-order valence-electron chi connectivity index (χ3n) is 8.88. The zero-order chi connectivity index (χ0) is 30.9. The van der Waals surface area contributed by atoms with Crippen LogP contribution in [0, 0.1) is 17.2 Å². The van der Waals surface area contributed by atoms with Crippen LogP contribution in [0.4, 0.5) is 10.1 Å². The molecule has 3 aromatic rings. The summed E-state index contributed by atoms with van der Waals surface area (Å²) in [7, 11) is -3.89. The van der Waals surface area contributed by atoms with Crippen molar-refractivity contribution in [1.29, 1.82) is 0 Å². The highest BCUT2D eigenvalue weighted by Crippen LogP contribution is 2.54. The smallest absolute Gasteiger partial charge is 0.235 e. The molecule has 2 fully saturated rings. The molecule has 43 heavy (non-hydrogen) atoms. The fourth-order valence-corrected chi connectivity index (χ4v) is 8.00. The predicted octanol–water partition coefficient (Wildman–Crippen LogP) is 8.41. The zero-order valence-corrected chi connectivity index (χ0v) is 26.8. The molecule has 5 nitrogen and oxygen atoms in total. The second-order valence-electron chi connectivity index (χ2n) is 11.9. The van der Waals surface area contributed by atoms with Gasteiger partial charge in [0.1, 0.15) is 5.82 Å². The summed E-state index contributed by atoms with van der Waals surface area (Å²) in [5.41, 5.74) is 1.08. The third-order valence-corrected chi connectivity index (χ3v) is 11.1. The van der Waals surface area contributed by atoms with Gasteiger partial charge < -0.3 is 4.90 Å². The molecule has 1 aliphatic heterocycles. The number of piperidine rings is 1. The van der Waals surface area contributed by atoms with Crippen molar-refractivity contribution in [2.24, 2.45) is 11.3 Å². The molecule has 1 saturated heterocycles. The number of anilines is 1. The lowest BCUT2D eigenvalue weighted by Crippen LogP contribution is -2.59. The second-order valence-corrected chi connectivity index (χ2v) is 15.0. The van der Waals surface area contributed by atoms with E-state index in [2.05, 4.69) is 6.58 Å². The van der Waals surface area contributed by atoms with Gasteiger partial charge in [0.2, 0.25) is 15.9 Å². The van der Waals surface area contributed by atoms with E-state index in [9.17, 15) is 13.2 Å². The van der Waals surface area contributed by atoms with Crippen LogP contribution >= 0.6 is 23.2 Å². The number of carbonyl (C=O) groups excluding carboxylic acids is 1. The van der Waals surface area contributed by atoms with E-state index in [0.29, 0.717) is 22.9 Å². The van der Waals surface area contributed by atoms with Crippen molar-refractivity contribution in [3.63, 3.8) is 0 Å².